The number of rotatable bonds is 9. The molecule has 1 saturated carbocycles. The molecule has 3 heterocycles. The second-order valence-electron chi connectivity index (χ2n) is 12.4. The third kappa shape index (κ3) is 6.03. The summed E-state index contributed by atoms with van der Waals surface area (Å²) in [6.07, 6.45) is 4.45. The molecular weight excluding hydrogens is 514 g/mol. The average molecular weight is 558 g/mol. The molecule has 1 saturated heterocycles. The van der Waals surface area contributed by atoms with Crippen molar-refractivity contribution in [2.75, 3.05) is 63.2 Å². The highest BCUT2D eigenvalue weighted by atomic mass is 16.5. The first-order valence-electron chi connectivity index (χ1n) is 14.7. The molecular formula is C32H43N7O2. The van der Waals surface area contributed by atoms with Crippen LogP contribution >= 0.6 is 0 Å². The van der Waals surface area contributed by atoms with Crippen LogP contribution in [0.3, 0.4) is 0 Å². The number of anilines is 2. The van der Waals surface area contributed by atoms with Gasteiger partial charge in [0.05, 0.1) is 18.8 Å². The van der Waals surface area contributed by atoms with Crippen LogP contribution in [-0.4, -0.2) is 91.2 Å². The number of piperazine rings is 1. The molecule has 2 atom stereocenters. The largest absolute Gasteiger partial charge is 0.463 e. The first-order chi connectivity index (χ1) is 19.6. The van der Waals surface area contributed by atoms with E-state index < -0.39 is 0 Å². The molecule has 5 rings (SSSR count). The van der Waals surface area contributed by atoms with Crippen molar-refractivity contribution in [3.05, 3.63) is 64.7 Å². The van der Waals surface area contributed by atoms with E-state index >= 15 is 0 Å². The maximum atomic E-state index is 12.5. The summed E-state index contributed by atoms with van der Waals surface area (Å²) in [6, 6.07) is 6.95. The second-order valence-corrected chi connectivity index (χ2v) is 12.4. The van der Waals surface area contributed by atoms with Crippen molar-refractivity contribution in [3.8, 4) is 6.01 Å². The smallest absolute Gasteiger partial charge is 0.318 e. The zero-order valence-corrected chi connectivity index (χ0v) is 25.2. The van der Waals surface area contributed by atoms with E-state index in [-0.39, 0.29) is 30.0 Å². The van der Waals surface area contributed by atoms with Crippen LogP contribution in [0.4, 0.5) is 11.5 Å². The van der Waals surface area contributed by atoms with Crippen LogP contribution in [0.15, 0.2) is 30.9 Å². The normalized spacial score (nSPS) is 21.3. The summed E-state index contributed by atoms with van der Waals surface area (Å²) >= 11 is 0. The summed E-state index contributed by atoms with van der Waals surface area (Å²) in [5, 5.41) is 0. The van der Waals surface area contributed by atoms with Gasteiger partial charge in [0.15, 0.2) is 0 Å². The van der Waals surface area contributed by atoms with Gasteiger partial charge in [0, 0.05) is 48.9 Å². The molecule has 0 spiro atoms. The van der Waals surface area contributed by atoms with Gasteiger partial charge in [-0.1, -0.05) is 18.7 Å². The molecule has 218 valence electrons. The third-order valence-corrected chi connectivity index (χ3v) is 8.95. The molecule has 1 amide bonds. The van der Waals surface area contributed by atoms with Gasteiger partial charge in [-0.05, 0) is 77.4 Å². The van der Waals surface area contributed by atoms with Crippen molar-refractivity contribution < 1.29 is 9.53 Å². The van der Waals surface area contributed by atoms with E-state index in [9.17, 15) is 4.79 Å². The van der Waals surface area contributed by atoms with Gasteiger partial charge in [-0.15, -0.1) is 0 Å². The van der Waals surface area contributed by atoms with E-state index in [0.29, 0.717) is 38.8 Å². The monoisotopic (exact) mass is 557 g/mol. The zero-order valence-electron chi connectivity index (χ0n) is 25.2. The first kappa shape index (κ1) is 28.9. The Morgan fingerprint density at radius 1 is 1.27 bits per heavy atom. The molecule has 0 N–H and O–H groups in total. The molecule has 0 radical (unpaired) electrons. The molecule has 0 unspecified atom stereocenters. The number of hydrogen-bond acceptors (Lipinski definition) is 7. The summed E-state index contributed by atoms with van der Waals surface area (Å²) in [4.78, 5) is 34.9. The topological polar surface area (TPSA) is 69.4 Å². The maximum Gasteiger partial charge on any atom is 0.318 e. The molecule has 9 nitrogen and oxygen atoms in total. The van der Waals surface area contributed by atoms with Crippen molar-refractivity contribution >= 4 is 17.4 Å². The Labute approximate surface area is 244 Å². The predicted molar refractivity (Wildman–Crippen MR) is 162 cm³/mol. The van der Waals surface area contributed by atoms with E-state index in [0.717, 1.165) is 42.9 Å². The number of carbonyl (C=O) groups is 1. The van der Waals surface area contributed by atoms with Gasteiger partial charge >= 0.3 is 6.01 Å². The fraction of sp³-hybridized carbons (Fsp3) is 0.562. The maximum absolute atomic E-state index is 12.5. The van der Waals surface area contributed by atoms with Crippen LogP contribution in [0.1, 0.15) is 42.1 Å². The van der Waals surface area contributed by atoms with E-state index in [2.05, 4.69) is 79.2 Å². The molecule has 0 bridgehead atoms. The molecule has 1 aromatic heterocycles. The molecule has 9 heteroatoms. The minimum atomic E-state index is -0.219. The average Bonchev–Trinajstić information content (AvgIpc) is 3.71. The van der Waals surface area contributed by atoms with E-state index in [1.54, 1.807) is 4.90 Å². The van der Waals surface area contributed by atoms with Gasteiger partial charge < -0.3 is 29.2 Å². The zero-order chi connectivity index (χ0) is 29.3. The van der Waals surface area contributed by atoms with Crippen molar-refractivity contribution in [1.82, 2.24) is 19.8 Å². The Bertz CT molecular complexity index is 1350. The van der Waals surface area contributed by atoms with E-state index in [1.165, 1.54) is 22.9 Å². The van der Waals surface area contributed by atoms with E-state index in [4.69, 9.17) is 21.3 Å². The number of carbonyl (C=O) groups excluding carboxylic acids is 1. The lowest BCUT2D eigenvalue weighted by atomic mass is 9.96. The SMILES string of the molecule is [C-]#[N+]C[C@H]1CN(c2nc(OCC3(CN(C)C)CC3)nc3c2C[C@@H](C)N(c2cccc(C)c2C)C3)CCN1C(=O)C=C. The number of aryl methyl sites for hydroxylation is 1. The first-order valence-corrected chi connectivity index (χ1v) is 14.7. The van der Waals surface area contributed by atoms with Gasteiger partial charge in [-0.25, -0.2) is 6.57 Å². The van der Waals surface area contributed by atoms with Crippen molar-refractivity contribution in [1.29, 1.82) is 0 Å². The third-order valence-electron chi connectivity index (χ3n) is 8.95. The summed E-state index contributed by atoms with van der Waals surface area (Å²) in [5.41, 5.74) is 6.11. The fourth-order valence-corrected chi connectivity index (χ4v) is 6.38. The number of benzene rings is 1. The Hall–Kier alpha value is -3.64. The fourth-order valence-electron chi connectivity index (χ4n) is 6.38. The number of fused-ring (bicyclic) bond motifs is 1. The Morgan fingerprint density at radius 3 is 2.73 bits per heavy atom. The molecule has 2 fully saturated rings. The van der Waals surface area contributed by atoms with Crippen LogP contribution in [-0.2, 0) is 17.8 Å². The summed E-state index contributed by atoms with van der Waals surface area (Å²) < 4.78 is 6.37. The number of ether oxygens (including phenoxy) is 1. The highest BCUT2D eigenvalue weighted by Crippen LogP contribution is 2.46. The van der Waals surface area contributed by atoms with Crippen molar-refractivity contribution in [2.45, 2.75) is 58.7 Å². The lowest BCUT2D eigenvalue weighted by molar-refractivity contribution is -0.128. The number of aromatic nitrogens is 2. The quantitative estimate of drug-likeness (QED) is 0.342. The summed E-state index contributed by atoms with van der Waals surface area (Å²) in [6.45, 7) is 22.0. The van der Waals surface area contributed by atoms with Crippen LogP contribution in [0.25, 0.3) is 4.85 Å². The van der Waals surface area contributed by atoms with Crippen LogP contribution in [0, 0.1) is 25.8 Å². The minimum absolute atomic E-state index is 0.125. The molecule has 2 aliphatic heterocycles. The van der Waals surface area contributed by atoms with Gasteiger partial charge in [0.2, 0.25) is 12.5 Å². The number of hydrogen-bond donors (Lipinski definition) is 0. The minimum Gasteiger partial charge on any atom is -0.463 e. The van der Waals surface area contributed by atoms with Gasteiger partial charge in [-0.2, -0.15) is 9.97 Å². The lowest BCUT2D eigenvalue weighted by Gasteiger charge is -2.42. The summed E-state index contributed by atoms with van der Waals surface area (Å²) in [7, 11) is 4.21. The van der Waals surface area contributed by atoms with Crippen molar-refractivity contribution in [3.63, 3.8) is 0 Å². The summed E-state index contributed by atoms with van der Waals surface area (Å²) in [5.74, 6) is 0.760. The Morgan fingerprint density at radius 2 is 2.05 bits per heavy atom. The van der Waals surface area contributed by atoms with Crippen LogP contribution < -0.4 is 14.5 Å². The second kappa shape index (κ2) is 11.7. The highest BCUT2D eigenvalue weighted by molar-refractivity contribution is 5.87. The lowest BCUT2D eigenvalue weighted by Crippen LogP contribution is -2.56. The number of nitrogens with zero attached hydrogens (tertiary/aromatic N) is 7. The van der Waals surface area contributed by atoms with E-state index in [1.807, 2.05) is 0 Å². The highest BCUT2D eigenvalue weighted by Gasteiger charge is 2.44. The number of amides is 1. The van der Waals surface area contributed by atoms with Gasteiger partial charge in [0.25, 0.3) is 0 Å². The molecule has 3 aliphatic rings. The van der Waals surface area contributed by atoms with Crippen LogP contribution in [0.5, 0.6) is 6.01 Å². The van der Waals surface area contributed by atoms with Gasteiger partial charge in [0.1, 0.15) is 11.9 Å². The standard InChI is InChI=1S/C32H43N7O2/c1-8-29(40)38-15-14-37(18-25(38)17-33-5)30-26-16-23(3)39(28-11-9-10-22(2)24(28)4)19-27(26)34-31(35-30)41-21-32(12-13-32)20-36(6)7/h8-11,23,25H,1,12-21H2,2-4,6-7H3/t23-,25+/m1/s1. The van der Waals surface area contributed by atoms with Crippen LogP contribution in [0.2, 0.25) is 0 Å². The predicted octanol–water partition coefficient (Wildman–Crippen LogP) is 3.89. The molecule has 1 aromatic carbocycles. The Kier molecular flexibility index (Phi) is 8.23. The molecule has 41 heavy (non-hydrogen) atoms. The molecule has 2 aromatic rings. The van der Waals surface area contributed by atoms with Gasteiger partial charge in [-0.3, -0.25) is 4.79 Å². The molecule has 1 aliphatic carbocycles. The van der Waals surface area contributed by atoms with Crippen molar-refractivity contribution in [2.24, 2.45) is 5.41 Å². The Balaban J connectivity index is 1.49.